The number of hydrogen-bond acceptors (Lipinski definition) is 2. The third-order valence-corrected chi connectivity index (χ3v) is 4.55. The Morgan fingerprint density at radius 1 is 1.39 bits per heavy atom. The van der Waals surface area contributed by atoms with E-state index in [0.717, 1.165) is 31.1 Å². The van der Waals surface area contributed by atoms with Crippen molar-refractivity contribution in [2.75, 3.05) is 26.2 Å². The molecule has 0 aliphatic carbocycles. The molecule has 1 saturated heterocycles. The lowest BCUT2D eigenvalue weighted by atomic mass is 10.1. The summed E-state index contributed by atoms with van der Waals surface area (Å²) in [5, 5.41) is 6.76. The Morgan fingerprint density at radius 2 is 2.13 bits per heavy atom. The van der Waals surface area contributed by atoms with Crippen LogP contribution in [0.15, 0.2) is 24.3 Å². The van der Waals surface area contributed by atoms with Crippen LogP contribution in [0.3, 0.4) is 0 Å². The number of nitrogens with zero attached hydrogens (tertiary/aromatic N) is 1. The number of carbonyl (C=O) groups excluding carboxylic acids is 1. The van der Waals surface area contributed by atoms with Gasteiger partial charge in [0.05, 0.1) is 0 Å². The van der Waals surface area contributed by atoms with Crippen molar-refractivity contribution in [1.82, 2.24) is 15.5 Å². The fourth-order valence-electron chi connectivity index (χ4n) is 3.14. The molecule has 1 aliphatic rings. The van der Waals surface area contributed by atoms with Crippen molar-refractivity contribution in [3.05, 3.63) is 34.9 Å². The van der Waals surface area contributed by atoms with Crippen molar-refractivity contribution in [2.24, 2.45) is 5.92 Å². The van der Waals surface area contributed by atoms with Gasteiger partial charge in [0.15, 0.2) is 0 Å². The van der Waals surface area contributed by atoms with Crippen molar-refractivity contribution < 1.29 is 4.79 Å². The summed E-state index contributed by atoms with van der Waals surface area (Å²) in [7, 11) is 0. The molecule has 0 bridgehead atoms. The van der Waals surface area contributed by atoms with Gasteiger partial charge in [-0.15, -0.1) is 0 Å². The number of rotatable bonds is 7. The molecule has 0 unspecified atom stereocenters. The van der Waals surface area contributed by atoms with E-state index < -0.39 is 0 Å². The average Bonchev–Trinajstić information content (AvgIpc) is 2.95. The van der Waals surface area contributed by atoms with Gasteiger partial charge < -0.3 is 15.5 Å². The number of hydrogen-bond donors (Lipinski definition) is 2. The molecule has 0 radical (unpaired) electrons. The summed E-state index contributed by atoms with van der Waals surface area (Å²) in [6.07, 6.45) is 3.18. The summed E-state index contributed by atoms with van der Waals surface area (Å²) in [5.74, 6) is 0.582. The van der Waals surface area contributed by atoms with Gasteiger partial charge in [0.2, 0.25) is 0 Å². The minimum Gasteiger partial charge on any atom is -0.338 e. The Hall–Kier alpha value is -1.26. The van der Waals surface area contributed by atoms with Crippen molar-refractivity contribution in [1.29, 1.82) is 0 Å². The molecule has 0 spiro atoms. The number of amides is 2. The van der Waals surface area contributed by atoms with Crippen LogP contribution in [0.2, 0.25) is 5.02 Å². The van der Waals surface area contributed by atoms with E-state index in [1.807, 2.05) is 31.2 Å². The molecular weight excluding hydrogens is 310 g/mol. The molecular formula is C18H28ClN3O. The molecule has 0 saturated carbocycles. The van der Waals surface area contributed by atoms with Gasteiger partial charge >= 0.3 is 6.03 Å². The number of halogens is 1. The number of nitrogens with one attached hydrogen (secondary N) is 2. The molecule has 4 nitrogen and oxygen atoms in total. The highest BCUT2D eigenvalue weighted by Crippen LogP contribution is 2.15. The highest BCUT2D eigenvalue weighted by molar-refractivity contribution is 6.30. The Balaban J connectivity index is 1.65. The summed E-state index contributed by atoms with van der Waals surface area (Å²) in [4.78, 5) is 14.5. The lowest BCUT2D eigenvalue weighted by molar-refractivity contribution is 0.235. The molecule has 23 heavy (non-hydrogen) atoms. The smallest absolute Gasteiger partial charge is 0.315 e. The molecule has 2 amide bonds. The minimum atomic E-state index is -0.0691. The molecule has 1 aromatic rings. The van der Waals surface area contributed by atoms with E-state index in [9.17, 15) is 4.79 Å². The van der Waals surface area contributed by atoms with Gasteiger partial charge in [-0.25, -0.2) is 4.79 Å². The SMILES string of the molecule is CCCN1CC[C@H](CNC(=O)N[C@H](C)Cc2ccc(Cl)cc2)C1. The van der Waals surface area contributed by atoms with Crippen molar-refractivity contribution in [3.8, 4) is 0 Å². The predicted octanol–water partition coefficient (Wildman–Crippen LogP) is 3.30. The van der Waals surface area contributed by atoms with E-state index in [-0.39, 0.29) is 12.1 Å². The maximum absolute atomic E-state index is 12.0. The molecule has 1 aliphatic heterocycles. The lowest BCUT2D eigenvalue weighted by Crippen LogP contribution is -2.43. The van der Waals surface area contributed by atoms with E-state index >= 15 is 0 Å². The van der Waals surface area contributed by atoms with Crippen LogP contribution in [0.25, 0.3) is 0 Å². The Labute approximate surface area is 144 Å². The van der Waals surface area contributed by atoms with Gasteiger partial charge in [0.1, 0.15) is 0 Å². The topological polar surface area (TPSA) is 44.4 Å². The fraction of sp³-hybridized carbons (Fsp3) is 0.611. The van der Waals surface area contributed by atoms with Crippen LogP contribution >= 0.6 is 11.6 Å². The molecule has 2 rings (SSSR count). The van der Waals surface area contributed by atoms with Crippen molar-refractivity contribution in [2.45, 2.75) is 39.2 Å². The first-order chi connectivity index (χ1) is 11.1. The van der Waals surface area contributed by atoms with Crippen LogP contribution in [0.4, 0.5) is 4.79 Å². The van der Waals surface area contributed by atoms with E-state index in [1.165, 1.54) is 24.9 Å². The molecule has 1 aromatic carbocycles. The summed E-state index contributed by atoms with van der Waals surface area (Å²) in [6, 6.07) is 7.78. The summed E-state index contributed by atoms with van der Waals surface area (Å²) >= 11 is 5.88. The van der Waals surface area contributed by atoms with Gasteiger partial charge in [-0.1, -0.05) is 30.7 Å². The standard InChI is InChI=1S/C18H28ClN3O/c1-3-9-22-10-8-16(13-22)12-20-18(23)21-14(2)11-15-4-6-17(19)7-5-15/h4-7,14,16H,3,8-13H2,1-2H3,(H2,20,21,23)/t14-,16-/m1/s1. The Morgan fingerprint density at radius 3 is 2.83 bits per heavy atom. The second kappa shape index (κ2) is 9.14. The summed E-state index contributed by atoms with van der Waals surface area (Å²) in [5.41, 5.74) is 1.17. The van der Waals surface area contributed by atoms with Crippen LogP contribution < -0.4 is 10.6 Å². The van der Waals surface area contributed by atoms with Crippen molar-refractivity contribution in [3.63, 3.8) is 0 Å². The quantitative estimate of drug-likeness (QED) is 0.801. The van der Waals surface area contributed by atoms with Gasteiger partial charge in [0, 0.05) is 24.2 Å². The normalized spacial score (nSPS) is 19.5. The molecule has 5 heteroatoms. The zero-order valence-corrected chi connectivity index (χ0v) is 14.9. The first-order valence-electron chi connectivity index (χ1n) is 8.58. The van der Waals surface area contributed by atoms with Crippen LogP contribution in [0.5, 0.6) is 0 Å². The fourth-order valence-corrected chi connectivity index (χ4v) is 3.26. The van der Waals surface area contributed by atoms with Crippen LogP contribution in [-0.4, -0.2) is 43.2 Å². The number of benzene rings is 1. The number of urea groups is 1. The van der Waals surface area contributed by atoms with Gasteiger partial charge in [0.25, 0.3) is 0 Å². The molecule has 2 atom stereocenters. The predicted molar refractivity (Wildman–Crippen MR) is 96.0 cm³/mol. The first-order valence-corrected chi connectivity index (χ1v) is 8.95. The summed E-state index contributed by atoms with van der Waals surface area (Å²) in [6.45, 7) is 8.43. The van der Waals surface area contributed by atoms with Gasteiger partial charge in [-0.3, -0.25) is 0 Å². The second-order valence-corrected chi connectivity index (χ2v) is 6.98. The van der Waals surface area contributed by atoms with Crippen LogP contribution in [0, 0.1) is 5.92 Å². The van der Waals surface area contributed by atoms with E-state index in [1.54, 1.807) is 0 Å². The van der Waals surface area contributed by atoms with E-state index in [2.05, 4.69) is 22.5 Å². The van der Waals surface area contributed by atoms with E-state index in [4.69, 9.17) is 11.6 Å². The molecule has 1 fully saturated rings. The highest BCUT2D eigenvalue weighted by atomic mass is 35.5. The Bertz CT molecular complexity index is 492. The largest absolute Gasteiger partial charge is 0.338 e. The number of carbonyl (C=O) groups is 1. The minimum absolute atomic E-state index is 0.0691. The van der Waals surface area contributed by atoms with Gasteiger partial charge in [-0.2, -0.15) is 0 Å². The number of likely N-dealkylation sites (tertiary alicyclic amines) is 1. The van der Waals surface area contributed by atoms with Crippen LogP contribution in [0.1, 0.15) is 32.3 Å². The highest BCUT2D eigenvalue weighted by Gasteiger charge is 2.22. The molecule has 1 heterocycles. The monoisotopic (exact) mass is 337 g/mol. The van der Waals surface area contributed by atoms with Crippen LogP contribution in [-0.2, 0) is 6.42 Å². The van der Waals surface area contributed by atoms with E-state index in [0.29, 0.717) is 5.92 Å². The van der Waals surface area contributed by atoms with Gasteiger partial charge in [-0.05, 0) is 62.9 Å². The third-order valence-electron chi connectivity index (χ3n) is 4.29. The lowest BCUT2D eigenvalue weighted by Gasteiger charge is -2.17. The van der Waals surface area contributed by atoms with Crippen molar-refractivity contribution >= 4 is 17.6 Å². The maximum atomic E-state index is 12.0. The second-order valence-electron chi connectivity index (χ2n) is 6.54. The zero-order valence-electron chi connectivity index (χ0n) is 14.1. The molecule has 0 aromatic heterocycles. The third kappa shape index (κ3) is 6.40. The molecule has 128 valence electrons. The first kappa shape index (κ1) is 18.1. The molecule has 2 N–H and O–H groups in total. The Kier molecular flexibility index (Phi) is 7.18. The maximum Gasteiger partial charge on any atom is 0.315 e. The average molecular weight is 338 g/mol. The summed E-state index contributed by atoms with van der Waals surface area (Å²) < 4.78 is 0. The zero-order chi connectivity index (χ0) is 16.7.